The summed E-state index contributed by atoms with van der Waals surface area (Å²) in [6.45, 7) is 1.69. The molecule has 1 atom stereocenters. The van der Waals surface area contributed by atoms with Crippen molar-refractivity contribution in [2.75, 3.05) is 11.2 Å². The van der Waals surface area contributed by atoms with Gasteiger partial charge < -0.3 is 15.9 Å². The summed E-state index contributed by atoms with van der Waals surface area (Å²) in [4.78, 5) is 12.4. The zero-order valence-corrected chi connectivity index (χ0v) is 17.2. The number of rotatable bonds is 7. The lowest BCUT2D eigenvalue weighted by Gasteiger charge is -2.12. The SMILES string of the molecule is C[C@@H](Sc1nnc(COc2ccccc2F)n1N)C(=O)Nc1ccc(Br)cc1. The summed E-state index contributed by atoms with van der Waals surface area (Å²) < 4.78 is 21.2. The Morgan fingerprint density at radius 2 is 2.00 bits per heavy atom. The van der Waals surface area contributed by atoms with Gasteiger partial charge in [-0.2, -0.15) is 0 Å². The molecular formula is C18H17BrFN5O2S. The number of nitrogens with one attached hydrogen (secondary N) is 1. The van der Waals surface area contributed by atoms with E-state index in [0.29, 0.717) is 16.7 Å². The van der Waals surface area contributed by atoms with Crippen LogP contribution in [0, 0.1) is 5.82 Å². The number of nitrogens with two attached hydrogens (primary N) is 1. The monoisotopic (exact) mass is 465 g/mol. The van der Waals surface area contributed by atoms with Crippen molar-refractivity contribution in [3.8, 4) is 5.75 Å². The Morgan fingerprint density at radius 1 is 1.29 bits per heavy atom. The van der Waals surface area contributed by atoms with E-state index in [-0.39, 0.29) is 18.3 Å². The average Bonchev–Trinajstić information content (AvgIpc) is 3.02. The van der Waals surface area contributed by atoms with E-state index < -0.39 is 11.1 Å². The van der Waals surface area contributed by atoms with Gasteiger partial charge in [-0.15, -0.1) is 10.2 Å². The number of carbonyl (C=O) groups is 1. The highest BCUT2D eigenvalue weighted by molar-refractivity contribution is 9.10. The number of ether oxygens (including phenoxy) is 1. The third kappa shape index (κ3) is 5.02. The summed E-state index contributed by atoms with van der Waals surface area (Å²) in [5.41, 5.74) is 0.689. The second kappa shape index (κ2) is 9.07. The quantitative estimate of drug-likeness (QED) is 0.408. The van der Waals surface area contributed by atoms with E-state index in [1.165, 1.54) is 16.8 Å². The molecule has 0 saturated carbocycles. The number of amides is 1. The van der Waals surface area contributed by atoms with E-state index in [1.807, 2.05) is 12.1 Å². The van der Waals surface area contributed by atoms with Gasteiger partial charge in [0, 0.05) is 10.2 Å². The number of halogens is 2. The predicted molar refractivity (Wildman–Crippen MR) is 109 cm³/mol. The maximum absolute atomic E-state index is 13.6. The summed E-state index contributed by atoms with van der Waals surface area (Å²) in [7, 11) is 0. The Labute approximate surface area is 173 Å². The van der Waals surface area contributed by atoms with Crippen LogP contribution in [-0.2, 0) is 11.4 Å². The third-order valence-corrected chi connectivity index (χ3v) is 5.28. The molecule has 0 bridgehead atoms. The van der Waals surface area contributed by atoms with E-state index in [0.717, 1.165) is 16.2 Å². The van der Waals surface area contributed by atoms with Crippen LogP contribution in [0.1, 0.15) is 12.7 Å². The van der Waals surface area contributed by atoms with Crippen molar-refractivity contribution in [3.63, 3.8) is 0 Å². The van der Waals surface area contributed by atoms with E-state index in [1.54, 1.807) is 31.2 Å². The molecular weight excluding hydrogens is 449 g/mol. The number of thioether (sulfide) groups is 1. The van der Waals surface area contributed by atoms with Gasteiger partial charge in [0.15, 0.2) is 17.4 Å². The van der Waals surface area contributed by atoms with Crippen LogP contribution in [-0.4, -0.2) is 26.0 Å². The van der Waals surface area contributed by atoms with Gasteiger partial charge >= 0.3 is 0 Å². The molecule has 0 aliphatic carbocycles. The fourth-order valence-corrected chi connectivity index (χ4v) is 3.23. The molecule has 1 amide bonds. The highest BCUT2D eigenvalue weighted by Crippen LogP contribution is 2.23. The molecule has 2 aromatic carbocycles. The molecule has 0 spiro atoms. The molecule has 3 aromatic rings. The molecule has 146 valence electrons. The van der Waals surface area contributed by atoms with Crippen LogP contribution in [0.4, 0.5) is 10.1 Å². The molecule has 1 aromatic heterocycles. The Bertz CT molecular complexity index is 967. The van der Waals surface area contributed by atoms with Crippen molar-refractivity contribution in [3.05, 3.63) is 64.6 Å². The van der Waals surface area contributed by atoms with Crippen LogP contribution in [0.15, 0.2) is 58.2 Å². The second-order valence-corrected chi connectivity index (χ2v) is 7.97. The fourth-order valence-electron chi connectivity index (χ4n) is 2.18. The largest absolute Gasteiger partial charge is 0.482 e. The van der Waals surface area contributed by atoms with Crippen molar-refractivity contribution in [1.29, 1.82) is 0 Å². The highest BCUT2D eigenvalue weighted by atomic mass is 79.9. The van der Waals surface area contributed by atoms with Gasteiger partial charge in [0.05, 0.1) is 5.25 Å². The molecule has 0 unspecified atom stereocenters. The number of para-hydroxylation sites is 1. The fraction of sp³-hybridized carbons (Fsp3) is 0.167. The smallest absolute Gasteiger partial charge is 0.237 e. The Morgan fingerprint density at radius 3 is 2.71 bits per heavy atom. The van der Waals surface area contributed by atoms with Crippen LogP contribution < -0.4 is 15.9 Å². The number of nitrogen functional groups attached to an aromatic ring is 1. The van der Waals surface area contributed by atoms with Gasteiger partial charge in [-0.25, -0.2) is 9.07 Å². The van der Waals surface area contributed by atoms with Crippen LogP contribution in [0.25, 0.3) is 0 Å². The molecule has 0 aliphatic heterocycles. The van der Waals surface area contributed by atoms with Gasteiger partial charge in [-0.3, -0.25) is 4.79 Å². The molecule has 0 aliphatic rings. The van der Waals surface area contributed by atoms with Gasteiger partial charge in [-0.05, 0) is 43.3 Å². The molecule has 28 heavy (non-hydrogen) atoms. The minimum atomic E-state index is -0.474. The molecule has 0 saturated heterocycles. The van der Waals surface area contributed by atoms with Crippen molar-refractivity contribution < 1.29 is 13.9 Å². The lowest BCUT2D eigenvalue weighted by Crippen LogP contribution is -2.24. The van der Waals surface area contributed by atoms with Gasteiger partial charge in [-0.1, -0.05) is 39.8 Å². The van der Waals surface area contributed by atoms with Crippen molar-refractivity contribution >= 4 is 39.3 Å². The Hall–Kier alpha value is -2.59. The molecule has 10 heteroatoms. The van der Waals surface area contributed by atoms with Crippen LogP contribution in [0.5, 0.6) is 5.75 Å². The van der Waals surface area contributed by atoms with E-state index in [2.05, 4.69) is 31.4 Å². The zero-order chi connectivity index (χ0) is 20.1. The normalized spacial score (nSPS) is 11.8. The summed E-state index contributed by atoms with van der Waals surface area (Å²) in [5, 5.41) is 10.6. The first kappa shape index (κ1) is 20.2. The Balaban J connectivity index is 1.59. The molecule has 1 heterocycles. The molecule has 7 nitrogen and oxygen atoms in total. The number of nitrogens with zero attached hydrogens (tertiary/aromatic N) is 3. The van der Waals surface area contributed by atoms with E-state index >= 15 is 0 Å². The highest BCUT2D eigenvalue weighted by Gasteiger charge is 2.20. The van der Waals surface area contributed by atoms with Crippen molar-refractivity contribution in [2.24, 2.45) is 0 Å². The van der Waals surface area contributed by atoms with Crippen molar-refractivity contribution in [1.82, 2.24) is 14.9 Å². The number of anilines is 1. The standard InChI is InChI=1S/C18H17BrFN5O2S/c1-11(17(26)22-13-8-6-12(19)7-9-13)28-18-24-23-16(25(18)21)10-27-15-5-3-2-4-14(15)20/h2-9,11H,10,21H2,1H3,(H,22,26)/t11-/m1/s1. The zero-order valence-electron chi connectivity index (χ0n) is 14.8. The second-order valence-electron chi connectivity index (χ2n) is 5.74. The molecule has 0 fully saturated rings. The first-order chi connectivity index (χ1) is 13.4. The van der Waals surface area contributed by atoms with E-state index in [4.69, 9.17) is 10.6 Å². The first-order valence-electron chi connectivity index (χ1n) is 8.24. The number of hydrogen-bond acceptors (Lipinski definition) is 6. The lowest BCUT2D eigenvalue weighted by molar-refractivity contribution is -0.115. The summed E-state index contributed by atoms with van der Waals surface area (Å²) >= 11 is 4.51. The maximum Gasteiger partial charge on any atom is 0.237 e. The summed E-state index contributed by atoms with van der Waals surface area (Å²) in [6.07, 6.45) is 0. The van der Waals surface area contributed by atoms with Crippen LogP contribution >= 0.6 is 27.7 Å². The van der Waals surface area contributed by atoms with Gasteiger partial charge in [0.25, 0.3) is 0 Å². The van der Waals surface area contributed by atoms with Gasteiger partial charge in [0.1, 0.15) is 6.61 Å². The van der Waals surface area contributed by atoms with Crippen LogP contribution in [0.2, 0.25) is 0 Å². The number of benzene rings is 2. The average molecular weight is 466 g/mol. The number of hydrogen-bond donors (Lipinski definition) is 2. The van der Waals surface area contributed by atoms with Crippen molar-refractivity contribution in [2.45, 2.75) is 23.9 Å². The topological polar surface area (TPSA) is 95.1 Å². The Kier molecular flexibility index (Phi) is 6.53. The first-order valence-corrected chi connectivity index (χ1v) is 9.91. The summed E-state index contributed by atoms with van der Waals surface area (Å²) in [6, 6.07) is 13.3. The molecule has 0 radical (unpaired) electrons. The third-order valence-electron chi connectivity index (χ3n) is 3.69. The number of carbonyl (C=O) groups excluding carboxylic acids is 1. The lowest BCUT2D eigenvalue weighted by atomic mass is 10.3. The van der Waals surface area contributed by atoms with E-state index in [9.17, 15) is 9.18 Å². The van der Waals surface area contributed by atoms with Gasteiger partial charge in [0.2, 0.25) is 11.1 Å². The summed E-state index contributed by atoms with van der Waals surface area (Å²) in [5.74, 6) is 5.73. The predicted octanol–water partition coefficient (Wildman–Crippen LogP) is 3.59. The van der Waals surface area contributed by atoms with Crippen LogP contribution in [0.3, 0.4) is 0 Å². The number of aromatic nitrogens is 3. The minimum Gasteiger partial charge on any atom is -0.482 e. The molecule has 3 N–H and O–H groups in total. The molecule has 3 rings (SSSR count). The maximum atomic E-state index is 13.6. The minimum absolute atomic E-state index is 0.0511.